The van der Waals surface area contributed by atoms with Gasteiger partial charge in [-0.05, 0) is 32.1 Å². The third-order valence-corrected chi connectivity index (χ3v) is 5.20. The lowest BCUT2D eigenvalue weighted by molar-refractivity contribution is -0.0938. The Labute approximate surface area is 165 Å². The second-order valence-electron chi connectivity index (χ2n) is 7.68. The highest BCUT2D eigenvalue weighted by Crippen LogP contribution is 2.21. The number of aliphatic hydroxyl groups is 3. The van der Waals surface area contributed by atoms with Crippen molar-refractivity contribution in [3.8, 4) is 0 Å². The van der Waals surface area contributed by atoms with E-state index in [1.165, 1.54) is 64.2 Å². The Bertz CT molecular complexity index is 361. The van der Waals surface area contributed by atoms with Crippen LogP contribution < -0.4 is 0 Å². The number of rotatable bonds is 17. The summed E-state index contributed by atoms with van der Waals surface area (Å²) in [6.07, 6.45) is 16.6. The van der Waals surface area contributed by atoms with E-state index in [0.717, 1.165) is 12.8 Å². The van der Waals surface area contributed by atoms with Gasteiger partial charge in [-0.1, -0.05) is 64.0 Å². The maximum Gasteiger partial charge on any atom is 0.114 e. The third-order valence-electron chi connectivity index (χ3n) is 5.20. The lowest BCUT2D eigenvalue weighted by Crippen LogP contribution is -2.42. The van der Waals surface area contributed by atoms with Crippen LogP contribution in [-0.2, 0) is 9.47 Å². The highest BCUT2D eigenvalue weighted by Gasteiger charge is 2.40. The quantitative estimate of drug-likeness (QED) is 0.262. The van der Waals surface area contributed by atoms with Crippen LogP contribution in [0.3, 0.4) is 0 Å². The molecule has 0 aromatic heterocycles. The molecule has 1 saturated heterocycles. The highest BCUT2D eigenvalue weighted by atomic mass is 16.6. The smallest absolute Gasteiger partial charge is 0.114 e. The van der Waals surface area contributed by atoms with Crippen LogP contribution in [0.25, 0.3) is 0 Å². The van der Waals surface area contributed by atoms with Crippen molar-refractivity contribution >= 4 is 0 Å². The summed E-state index contributed by atoms with van der Waals surface area (Å²) in [4.78, 5) is 0. The van der Waals surface area contributed by atoms with Crippen molar-refractivity contribution in [2.24, 2.45) is 0 Å². The number of allylic oxidation sites excluding steroid dienone is 2. The zero-order chi connectivity index (χ0) is 19.7. The zero-order valence-electron chi connectivity index (χ0n) is 17.2. The van der Waals surface area contributed by atoms with Crippen molar-refractivity contribution in [1.82, 2.24) is 0 Å². The van der Waals surface area contributed by atoms with Gasteiger partial charge in [0.05, 0.1) is 13.2 Å². The first-order chi connectivity index (χ1) is 13.2. The molecule has 0 bridgehead atoms. The summed E-state index contributed by atoms with van der Waals surface area (Å²) in [5.74, 6) is 0. The van der Waals surface area contributed by atoms with Crippen molar-refractivity contribution < 1.29 is 24.8 Å². The van der Waals surface area contributed by atoms with Gasteiger partial charge in [-0.15, -0.1) is 0 Å². The Morgan fingerprint density at radius 1 is 0.963 bits per heavy atom. The second kappa shape index (κ2) is 16.5. The molecule has 160 valence electrons. The predicted octanol–water partition coefficient (Wildman–Crippen LogP) is 3.74. The Morgan fingerprint density at radius 2 is 1.56 bits per heavy atom. The van der Waals surface area contributed by atoms with Gasteiger partial charge in [0.1, 0.15) is 24.4 Å². The molecule has 1 fully saturated rings. The van der Waals surface area contributed by atoms with Crippen LogP contribution in [0.5, 0.6) is 0 Å². The topological polar surface area (TPSA) is 79.2 Å². The maximum atomic E-state index is 9.87. The fraction of sp³-hybridized carbons (Fsp3) is 0.909. The molecule has 0 radical (unpaired) electrons. The Kier molecular flexibility index (Phi) is 15.0. The van der Waals surface area contributed by atoms with Crippen molar-refractivity contribution in [1.29, 1.82) is 0 Å². The summed E-state index contributed by atoms with van der Waals surface area (Å²) >= 11 is 0. The first-order valence-electron chi connectivity index (χ1n) is 11.1. The van der Waals surface area contributed by atoms with Crippen molar-refractivity contribution in [3.63, 3.8) is 0 Å². The van der Waals surface area contributed by atoms with Crippen LogP contribution in [0, 0.1) is 0 Å². The molecule has 0 aromatic carbocycles. The van der Waals surface area contributed by atoms with Gasteiger partial charge in [0.2, 0.25) is 0 Å². The molecule has 0 aromatic rings. The van der Waals surface area contributed by atoms with E-state index in [2.05, 4.69) is 19.1 Å². The standard InChI is InChI=1S/C22H42O5/c1-2-3-4-5-6-7-8-9-10-11-12-13-14-15-16-26-22-20(25)18-27-21(22)19(24)17-23/h8-9,19-25H,2-7,10-18H2,1H3/b9-8+/t19-,20+,21+,22+/m0/s1. The number of hydrogen-bond acceptors (Lipinski definition) is 5. The summed E-state index contributed by atoms with van der Waals surface area (Å²) < 4.78 is 11.0. The van der Waals surface area contributed by atoms with Crippen LogP contribution in [0.15, 0.2) is 12.2 Å². The van der Waals surface area contributed by atoms with Gasteiger partial charge in [-0.25, -0.2) is 0 Å². The summed E-state index contributed by atoms with van der Waals surface area (Å²) in [6, 6.07) is 0. The average Bonchev–Trinajstić information content (AvgIpc) is 3.04. The monoisotopic (exact) mass is 386 g/mol. The van der Waals surface area contributed by atoms with Gasteiger partial charge in [0, 0.05) is 6.61 Å². The SMILES string of the molecule is CCCCCCC/C=C/CCCCCCCO[C@H]1[C@@H]([C@@H](O)CO)OC[C@H]1O. The predicted molar refractivity (Wildman–Crippen MR) is 109 cm³/mol. The molecule has 0 spiro atoms. The molecular weight excluding hydrogens is 344 g/mol. The van der Waals surface area contributed by atoms with Gasteiger partial charge in [-0.2, -0.15) is 0 Å². The molecule has 1 rings (SSSR count). The van der Waals surface area contributed by atoms with Gasteiger partial charge >= 0.3 is 0 Å². The Hall–Kier alpha value is -0.460. The first kappa shape index (κ1) is 24.6. The maximum absolute atomic E-state index is 9.87. The molecule has 5 heteroatoms. The largest absolute Gasteiger partial charge is 0.394 e. The van der Waals surface area contributed by atoms with Crippen LogP contribution in [0.2, 0.25) is 0 Å². The molecule has 1 heterocycles. The number of ether oxygens (including phenoxy) is 2. The molecule has 3 N–H and O–H groups in total. The van der Waals surface area contributed by atoms with Crippen molar-refractivity contribution in [2.75, 3.05) is 19.8 Å². The Balaban J connectivity index is 1.91. The molecule has 27 heavy (non-hydrogen) atoms. The normalized spacial score (nSPS) is 24.1. The average molecular weight is 387 g/mol. The van der Waals surface area contributed by atoms with Crippen molar-refractivity contribution in [2.45, 2.75) is 108 Å². The first-order valence-corrected chi connectivity index (χ1v) is 11.1. The van der Waals surface area contributed by atoms with Crippen LogP contribution in [0.1, 0.15) is 84.0 Å². The molecule has 1 aliphatic rings. The minimum atomic E-state index is -1.00. The summed E-state index contributed by atoms with van der Waals surface area (Å²) in [7, 11) is 0. The summed E-state index contributed by atoms with van der Waals surface area (Å²) in [5, 5.41) is 28.6. The molecular formula is C22H42O5. The minimum absolute atomic E-state index is 0.151. The van der Waals surface area contributed by atoms with Gasteiger partial charge in [-0.3, -0.25) is 0 Å². The van der Waals surface area contributed by atoms with E-state index >= 15 is 0 Å². The third kappa shape index (κ3) is 11.2. The highest BCUT2D eigenvalue weighted by molar-refractivity contribution is 4.89. The Morgan fingerprint density at radius 3 is 2.19 bits per heavy atom. The number of aliphatic hydroxyl groups excluding tert-OH is 3. The molecule has 0 unspecified atom stereocenters. The van der Waals surface area contributed by atoms with E-state index in [1.54, 1.807) is 0 Å². The fourth-order valence-electron chi connectivity index (χ4n) is 3.47. The summed E-state index contributed by atoms with van der Waals surface area (Å²) in [6.45, 7) is 2.57. The van der Waals surface area contributed by atoms with Crippen LogP contribution in [-0.4, -0.2) is 59.6 Å². The van der Waals surface area contributed by atoms with Crippen LogP contribution >= 0.6 is 0 Å². The molecule has 4 atom stereocenters. The molecule has 0 aliphatic carbocycles. The van der Waals surface area contributed by atoms with Crippen molar-refractivity contribution in [3.05, 3.63) is 12.2 Å². The number of unbranched alkanes of at least 4 members (excludes halogenated alkanes) is 10. The summed E-state index contributed by atoms with van der Waals surface area (Å²) in [5.41, 5.74) is 0. The fourth-order valence-corrected chi connectivity index (χ4v) is 3.47. The molecule has 0 amide bonds. The number of hydrogen-bond donors (Lipinski definition) is 3. The van der Waals surface area contributed by atoms with Gasteiger partial charge < -0.3 is 24.8 Å². The molecule has 0 saturated carbocycles. The second-order valence-corrected chi connectivity index (χ2v) is 7.68. The van der Waals surface area contributed by atoms with E-state index in [4.69, 9.17) is 14.6 Å². The van der Waals surface area contributed by atoms with Crippen LogP contribution in [0.4, 0.5) is 0 Å². The van der Waals surface area contributed by atoms with E-state index in [1.807, 2.05) is 0 Å². The zero-order valence-corrected chi connectivity index (χ0v) is 17.2. The molecule has 1 aliphatic heterocycles. The lowest BCUT2D eigenvalue weighted by Gasteiger charge is -2.23. The lowest BCUT2D eigenvalue weighted by atomic mass is 10.1. The minimum Gasteiger partial charge on any atom is -0.394 e. The van der Waals surface area contributed by atoms with Gasteiger partial charge in [0.25, 0.3) is 0 Å². The van der Waals surface area contributed by atoms with Gasteiger partial charge in [0.15, 0.2) is 0 Å². The molecule has 5 nitrogen and oxygen atoms in total. The van der Waals surface area contributed by atoms with E-state index in [9.17, 15) is 10.2 Å². The van der Waals surface area contributed by atoms with E-state index in [0.29, 0.717) is 6.61 Å². The van der Waals surface area contributed by atoms with E-state index in [-0.39, 0.29) is 13.2 Å². The van der Waals surface area contributed by atoms with E-state index < -0.39 is 24.4 Å².